The molecule has 1 amide bonds. The number of esters is 1. The maximum Gasteiger partial charge on any atom is 0.349 e. The lowest BCUT2D eigenvalue weighted by molar-refractivity contribution is -0.162. The molecule has 7 heteroatoms. The average Bonchev–Trinajstić information content (AvgIpc) is 2.69. The van der Waals surface area contributed by atoms with Crippen LogP contribution in [0.2, 0.25) is 18.1 Å². The van der Waals surface area contributed by atoms with Gasteiger partial charge in [-0.25, -0.2) is 4.79 Å². The van der Waals surface area contributed by atoms with E-state index >= 15 is 0 Å². The van der Waals surface area contributed by atoms with Gasteiger partial charge in [-0.2, -0.15) is 0 Å². The highest BCUT2D eigenvalue weighted by molar-refractivity contribution is 6.73. The van der Waals surface area contributed by atoms with Gasteiger partial charge in [0.25, 0.3) is 5.91 Å². The molecule has 2 aliphatic rings. The van der Waals surface area contributed by atoms with Crippen molar-refractivity contribution in [1.29, 1.82) is 0 Å². The number of piperidine rings is 1. The Labute approximate surface area is 126 Å². The van der Waals surface area contributed by atoms with Crippen LogP contribution >= 0.6 is 0 Å². The predicted molar refractivity (Wildman–Crippen MR) is 79.1 cm³/mol. The highest BCUT2D eigenvalue weighted by Gasteiger charge is 2.66. The van der Waals surface area contributed by atoms with Gasteiger partial charge >= 0.3 is 5.97 Å². The Morgan fingerprint density at radius 2 is 1.86 bits per heavy atom. The number of hydrogen-bond acceptors (Lipinski definition) is 5. The van der Waals surface area contributed by atoms with Gasteiger partial charge in [-0.15, -0.1) is 0 Å². The molecule has 2 aliphatic heterocycles. The van der Waals surface area contributed by atoms with Crippen LogP contribution in [0, 0.1) is 5.92 Å². The maximum atomic E-state index is 12.0. The quantitative estimate of drug-likeness (QED) is 0.430. The summed E-state index contributed by atoms with van der Waals surface area (Å²) >= 11 is 0. The van der Waals surface area contributed by atoms with Crippen molar-refractivity contribution in [3.8, 4) is 0 Å². The maximum absolute atomic E-state index is 12.0. The Morgan fingerprint density at radius 1 is 1.29 bits per heavy atom. The van der Waals surface area contributed by atoms with Crippen LogP contribution in [0.4, 0.5) is 0 Å². The third-order valence-corrected chi connectivity index (χ3v) is 9.83. The van der Waals surface area contributed by atoms with Crippen molar-refractivity contribution < 1.29 is 23.9 Å². The Morgan fingerprint density at radius 3 is 2.38 bits per heavy atom. The first-order valence-electron chi connectivity index (χ1n) is 7.73. The fraction of sp³-hybridized carbons (Fsp3) is 0.857. The minimum Gasteiger partial charge on any atom is -0.457 e. The second kappa shape index (κ2) is 5.70. The number of carbonyl (C=O) groups is 2. The van der Waals surface area contributed by atoms with Crippen molar-refractivity contribution in [2.24, 2.45) is 5.92 Å². The minimum absolute atomic E-state index is 0.201. The number of aliphatic hydroxyl groups is 1. The lowest BCUT2D eigenvalue weighted by atomic mass is 9.80. The molecule has 120 valence electrons. The zero-order chi connectivity index (χ0) is 15.8. The molecule has 0 radical (unpaired) electrons. The van der Waals surface area contributed by atoms with Gasteiger partial charge in [0, 0.05) is 6.61 Å². The zero-order valence-electron chi connectivity index (χ0n) is 13.1. The van der Waals surface area contributed by atoms with Gasteiger partial charge in [0.05, 0.1) is 12.0 Å². The van der Waals surface area contributed by atoms with Crippen molar-refractivity contribution in [2.45, 2.75) is 63.6 Å². The molecule has 2 bridgehead atoms. The fourth-order valence-corrected chi connectivity index (χ4v) is 5.98. The summed E-state index contributed by atoms with van der Waals surface area (Å²) in [5.41, 5.74) is -2.09. The van der Waals surface area contributed by atoms with Gasteiger partial charge in [0.15, 0.2) is 8.32 Å². The van der Waals surface area contributed by atoms with Crippen LogP contribution in [0.25, 0.3) is 0 Å². The monoisotopic (exact) mass is 315 g/mol. The summed E-state index contributed by atoms with van der Waals surface area (Å²) < 4.78 is 11.4. The summed E-state index contributed by atoms with van der Waals surface area (Å²) in [5, 5.41) is 13.1. The predicted octanol–water partition coefficient (Wildman–Crippen LogP) is 0.799. The first-order valence-corrected chi connectivity index (χ1v) is 10.3. The standard InChI is InChI=1S/C14H25NO5Si/c1-5-21(6-2,7-3)19-8-10-11-9(4)15-12(16)14(10,18)13(17)20-11/h9-11,18H,5-8H2,1-4H3,(H,15,16)/t9-,10?,11+,14?/m1/s1. The van der Waals surface area contributed by atoms with E-state index in [2.05, 4.69) is 26.1 Å². The van der Waals surface area contributed by atoms with Crippen LogP contribution in [0.1, 0.15) is 27.7 Å². The summed E-state index contributed by atoms with van der Waals surface area (Å²) in [6.07, 6.45) is -0.516. The van der Waals surface area contributed by atoms with Crippen LogP contribution in [0.3, 0.4) is 0 Å². The molecule has 2 heterocycles. The SMILES string of the molecule is CC[Si](CC)(CC)OCC1[C@H]2OC(=O)C1(O)C(=O)N[C@@H]2C. The number of hydrogen-bond donors (Lipinski definition) is 2. The molecule has 2 fully saturated rings. The van der Waals surface area contributed by atoms with Crippen molar-refractivity contribution in [3.63, 3.8) is 0 Å². The van der Waals surface area contributed by atoms with Gasteiger partial charge in [-0.3, -0.25) is 4.79 Å². The van der Waals surface area contributed by atoms with E-state index in [0.717, 1.165) is 18.1 Å². The Balaban J connectivity index is 2.19. The molecule has 0 aromatic rings. The Hall–Kier alpha value is -0.923. The lowest BCUT2D eigenvalue weighted by Gasteiger charge is -2.37. The van der Waals surface area contributed by atoms with Gasteiger partial charge in [0.1, 0.15) is 6.10 Å². The van der Waals surface area contributed by atoms with Gasteiger partial charge in [0.2, 0.25) is 5.60 Å². The molecule has 0 aliphatic carbocycles. The topological polar surface area (TPSA) is 84.9 Å². The number of ether oxygens (including phenoxy) is 1. The molecule has 0 spiro atoms. The molecular formula is C14H25NO5Si. The Kier molecular flexibility index (Phi) is 4.46. The van der Waals surface area contributed by atoms with Gasteiger partial charge < -0.3 is 19.6 Å². The first kappa shape index (κ1) is 16.4. The normalized spacial score (nSPS) is 35.6. The van der Waals surface area contributed by atoms with Crippen LogP contribution in [0.15, 0.2) is 0 Å². The summed E-state index contributed by atoms with van der Waals surface area (Å²) in [5.74, 6) is -2.14. The highest BCUT2D eigenvalue weighted by Crippen LogP contribution is 2.39. The van der Waals surface area contributed by atoms with E-state index < -0.39 is 37.8 Å². The van der Waals surface area contributed by atoms with Crippen LogP contribution in [-0.2, 0) is 18.8 Å². The number of rotatable bonds is 6. The molecule has 0 aromatic heterocycles. The lowest BCUT2D eigenvalue weighted by Crippen LogP contribution is -2.64. The minimum atomic E-state index is -2.09. The number of amides is 1. The summed E-state index contributed by atoms with van der Waals surface area (Å²) in [6.45, 7) is 8.31. The van der Waals surface area contributed by atoms with E-state index in [1.807, 2.05) is 0 Å². The van der Waals surface area contributed by atoms with Crippen molar-refractivity contribution in [1.82, 2.24) is 5.32 Å². The summed E-state index contributed by atoms with van der Waals surface area (Å²) in [4.78, 5) is 23.9. The molecule has 2 unspecified atom stereocenters. The van der Waals surface area contributed by atoms with E-state index in [1.54, 1.807) is 6.92 Å². The van der Waals surface area contributed by atoms with Crippen LogP contribution in [0.5, 0.6) is 0 Å². The Bertz CT molecular complexity index is 431. The zero-order valence-corrected chi connectivity index (χ0v) is 14.1. The summed E-state index contributed by atoms with van der Waals surface area (Å²) in [7, 11) is -1.84. The molecule has 2 rings (SSSR count). The molecule has 0 saturated carbocycles. The smallest absolute Gasteiger partial charge is 0.349 e. The third kappa shape index (κ3) is 2.41. The fourth-order valence-electron chi connectivity index (χ4n) is 3.33. The molecular weight excluding hydrogens is 290 g/mol. The average molecular weight is 315 g/mol. The third-order valence-electron chi connectivity index (χ3n) is 5.19. The highest BCUT2D eigenvalue weighted by atomic mass is 28.4. The largest absolute Gasteiger partial charge is 0.457 e. The van der Waals surface area contributed by atoms with E-state index in [9.17, 15) is 14.7 Å². The van der Waals surface area contributed by atoms with Crippen LogP contribution in [-0.4, -0.2) is 49.7 Å². The molecule has 4 atom stereocenters. The van der Waals surface area contributed by atoms with Gasteiger partial charge in [-0.1, -0.05) is 20.8 Å². The number of fused-ring (bicyclic) bond motifs is 2. The van der Waals surface area contributed by atoms with E-state index in [0.29, 0.717) is 0 Å². The number of carbonyl (C=O) groups excluding carboxylic acids is 2. The molecule has 2 saturated heterocycles. The number of nitrogens with one attached hydrogen (secondary N) is 1. The van der Waals surface area contributed by atoms with Crippen molar-refractivity contribution >= 4 is 20.2 Å². The molecule has 0 aromatic carbocycles. The second-order valence-electron chi connectivity index (χ2n) is 6.06. The molecule has 6 nitrogen and oxygen atoms in total. The first-order chi connectivity index (χ1) is 9.84. The summed E-state index contributed by atoms with van der Waals surface area (Å²) in [6, 6.07) is 2.63. The molecule has 2 N–H and O–H groups in total. The van der Waals surface area contributed by atoms with Crippen molar-refractivity contribution in [3.05, 3.63) is 0 Å². The van der Waals surface area contributed by atoms with E-state index in [-0.39, 0.29) is 12.6 Å². The van der Waals surface area contributed by atoms with Gasteiger partial charge in [-0.05, 0) is 25.1 Å². The van der Waals surface area contributed by atoms with Crippen molar-refractivity contribution in [2.75, 3.05) is 6.61 Å². The van der Waals surface area contributed by atoms with E-state index in [1.165, 1.54) is 0 Å². The molecule has 21 heavy (non-hydrogen) atoms. The second-order valence-corrected chi connectivity index (χ2v) is 10.8. The van der Waals surface area contributed by atoms with E-state index in [4.69, 9.17) is 9.16 Å². The van der Waals surface area contributed by atoms with Crippen LogP contribution < -0.4 is 5.32 Å².